The van der Waals surface area contributed by atoms with Gasteiger partial charge in [-0.25, -0.2) is 4.98 Å². The molecule has 1 N–H and O–H groups in total. The van der Waals surface area contributed by atoms with E-state index in [1.807, 2.05) is 36.6 Å². The smallest absolute Gasteiger partial charge is 0.0949 e. The monoisotopic (exact) mass is 267 g/mol. The lowest BCUT2D eigenvalue weighted by Crippen LogP contribution is -2.01. The summed E-state index contributed by atoms with van der Waals surface area (Å²) < 4.78 is 3.87. The molecule has 0 fully saturated rings. The quantitative estimate of drug-likeness (QED) is 0.771. The summed E-state index contributed by atoms with van der Waals surface area (Å²) in [6.07, 6.45) is 9.49. The molecule has 0 unspecified atom stereocenters. The van der Waals surface area contributed by atoms with Crippen LogP contribution >= 0.6 is 0 Å². The van der Waals surface area contributed by atoms with Crippen LogP contribution in [0.15, 0.2) is 55.4 Å². The molecule has 0 bridgehead atoms. The molecule has 3 aromatic rings. The molecule has 0 aliphatic carbocycles. The summed E-state index contributed by atoms with van der Waals surface area (Å²) in [4.78, 5) is 4.06. The van der Waals surface area contributed by atoms with E-state index in [0.29, 0.717) is 0 Å². The molecule has 2 heterocycles. The van der Waals surface area contributed by atoms with Gasteiger partial charge in [0.05, 0.1) is 12.5 Å². The molecule has 102 valence electrons. The van der Waals surface area contributed by atoms with E-state index < -0.39 is 0 Å². The van der Waals surface area contributed by atoms with E-state index >= 15 is 0 Å². The van der Waals surface area contributed by atoms with E-state index in [1.165, 1.54) is 11.1 Å². The van der Waals surface area contributed by atoms with Gasteiger partial charge in [0.25, 0.3) is 0 Å². The Labute approximate surface area is 117 Å². The molecule has 0 radical (unpaired) electrons. The van der Waals surface area contributed by atoms with Gasteiger partial charge in [0.2, 0.25) is 0 Å². The Balaban J connectivity index is 1.65. The van der Waals surface area contributed by atoms with Gasteiger partial charge < -0.3 is 9.88 Å². The second-order valence-corrected chi connectivity index (χ2v) is 4.81. The fraction of sp³-hybridized carbons (Fsp3) is 0.200. The normalized spacial score (nSPS) is 10.7. The first-order valence-electron chi connectivity index (χ1n) is 6.56. The molecule has 0 spiro atoms. The van der Waals surface area contributed by atoms with E-state index in [2.05, 4.69) is 44.2 Å². The Bertz CT molecular complexity index is 669. The Morgan fingerprint density at radius 3 is 2.95 bits per heavy atom. The molecule has 0 saturated heterocycles. The molecule has 0 amide bonds. The zero-order valence-corrected chi connectivity index (χ0v) is 11.4. The first-order valence-corrected chi connectivity index (χ1v) is 6.56. The van der Waals surface area contributed by atoms with Crippen LogP contribution in [-0.2, 0) is 20.1 Å². The molecule has 0 saturated carbocycles. The number of anilines is 1. The minimum atomic E-state index is 0.780. The topological polar surface area (TPSA) is 47.7 Å². The first-order chi connectivity index (χ1) is 9.79. The Morgan fingerprint density at radius 2 is 2.20 bits per heavy atom. The van der Waals surface area contributed by atoms with Crippen LogP contribution in [0.1, 0.15) is 11.1 Å². The molecule has 5 nitrogen and oxygen atoms in total. The highest BCUT2D eigenvalue weighted by Crippen LogP contribution is 2.13. The number of hydrogen-bond donors (Lipinski definition) is 1. The average molecular weight is 267 g/mol. The summed E-state index contributed by atoms with van der Waals surface area (Å²) in [5.41, 5.74) is 3.54. The summed E-state index contributed by atoms with van der Waals surface area (Å²) in [6.45, 7) is 1.62. The summed E-state index contributed by atoms with van der Waals surface area (Å²) in [5, 5.41) is 7.58. The third kappa shape index (κ3) is 3.06. The number of hydrogen-bond acceptors (Lipinski definition) is 3. The van der Waals surface area contributed by atoms with Crippen LogP contribution in [0.3, 0.4) is 0 Å². The van der Waals surface area contributed by atoms with Gasteiger partial charge in [-0.1, -0.05) is 12.1 Å². The molecular weight excluding hydrogens is 250 g/mol. The predicted octanol–water partition coefficient (Wildman–Crippen LogP) is 2.28. The second kappa shape index (κ2) is 5.61. The Hall–Kier alpha value is -2.56. The van der Waals surface area contributed by atoms with Crippen LogP contribution in [0.5, 0.6) is 0 Å². The largest absolute Gasteiger partial charge is 0.381 e. The lowest BCUT2D eigenvalue weighted by Gasteiger charge is -2.08. The maximum absolute atomic E-state index is 4.16. The van der Waals surface area contributed by atoms with Crippen molar-refractivity contribution < 1.29 is 0 Å². The number of nitrogens with zero attached hydrogens (tertiary/aromatic N) is 4. The predicted molar refractivity (Wildman–Crippen MR) is 78.3 cm³/mol. The standard InChI is InChI=1S/C15H17N5/c1-19-10-14(9-18-19)8-17-15-4-2-3-13(7-15)11-20-6-5-16-12-20/h2-7,9-10,12,17H,8,11H2,1H3. The third-order valence-electron chi connectivity index (χ3n) is 3.11. The highest BCUT2D eigenvalue weighted by molar-refractivity contribution is 5.46. The Kier molecular flexibility index (Phi) is 3.50. The van der Waals surface area contributed by atoms with E-state index in [4.69, 9.17) is 0 Å². The van der Waals surface area contributed by atoms with Crippen LogP contribution in [0.4, 0.5) is 5.69 Å². The van der Waals surface area contributed by atoms with Crippen molar-refractivity contribution in [1.82, 2.24) is 19.3 Å². The van der Waals surface area contributed by atoms with Crippen molar-refractivity contribution in [1.29, 1.82) is 0 Å². The molecule has 0 aliphatic heterocycles. The molecule has 20 heavy (non-hydrogen) atoms. The number of rotatable bonds is 5. The fourth-order valence-electron chi connectivity index (χ4n) is 2.14. The summed E-state index contributed by atoms with van der Waals surface area (Å²) in [5.74, 6) is 0. The zero-order chi connectivity index (χ0) is 13.8. The minimum absolute atomic E-state index is 0.780. The van der Waals surface area contributed by atoms with Crippen LogP contribution in [-0.4, -0.2) is 19.3 Å². The lowest BCUT2D eigenvalue weighted by atomic mass is 10.2. The number of nitrogens with one attached hydrogen (secondary N) is 1. The highest BCUT2D eigenvalue weighted by atomic mass is 15.2. The number of aromatic nitrogens is 4. The van der Waals surface area contributed by atoms with E-state index in [-0.39, 0.29) is 0 Å². The molecule has 0 aliphatic rings. The van der Waals surface area contributed by atoms with Gasteiger partial charge >= 0.3 is 0 Å². The molecule has 5 heteroatoms. The van der Waals surface area contributed by atoms with Crippen molar-refractivity contribution in [2.75, 3.05) is 5.32 Å². The van der Waals surface area contributed by atoms with Gasteiger partial charge in [-0.2, -0.15) is 5.10 Å². The van der Waals surface area contributed by atoms with Gasteiger partial charge in [-0.05, 0) is 17.7 Å². The van der Waals surface area contributed by atoms with E-state index in [9.17, 15) is 0 Å². The molecule has 3 rings (SSSR count). The van der Waals surface area contributed by atoms with Gasteiger partial charge in [0, 0.05) is 50.0 Å². The maximum atomic E-state index is 4.16. The van der Waals surface area contributed by atoms with Crippen LogP contribution < -0.4 is 5.32 Å². The highest BCUT2D eigenvalue weighted by Gasteiger charge is 1.99. The molecule has 1 aromatic carbocycles. The van der Waals surface area contributed by atoms with Gasteiger partial charge in [0.15, 0.2) is 0 Å². The van der Waals surface area contributed by atoms with Gasteiger partial charge in [-0.3, -0.25) is 4.68 Å². The van der Waals surface area contributed by atoms with Gasteiger partial charge in [0.1, 0.15) is 0 Å². The first kappa shape index (κ1) is 12.5. The summed E-state index contributed by atoms with van der Waals surface area (Å²) in [6, 6.07) is 8.43. The second-order valence-electron chi connectivity index (χ2n) is 4.81. The van der Waals surface area contributed by atoms with Crippen LogP contribution in [0, 0.1) is 0 Å². The molecule has 0 atom stereocenters. The van der Waals surface area contributed by atoms with Crippen LogP contribution in [0.25, 0.3) is 0 Å². The number of imidazole rings is 1. The van der Waals surface area contributed by atoms with E-state index in [0.717, 1.165) is 18.8 Å². The van der Waals surface area contributed by atoms with Crippen molar-refractivity contribution in [2.24, 2.45) is 7.05 Å². The number of aryl methyl sites for hydroxylation is 1. The fourth-order valence-corrected chi connectivity index (χ4v) is 2.14. The SMILES string of the molecule is Cn1cc(CNc2cccc(Cn3ccnc3)c2)cn1. The van der Waals surface area contributed by atoms with Crippen molar-refractivity contribution >= 4 is 5.69 Å². The summed E-state index contributed by atoms with van der Waals surface area (Å²) >= 11 is 0. The van der Waals surface area contributed by atoms with Gasteiger partial charge in [-0.15, -0.1) is 0 Å². The van der Waals surface area contributed by atoms with Crippen LogP contribution in [0.2, 0.25) is 0 Å². The average Bonchev–Trinajstić information content (AvgIpc) is 3.09. The lowest BCUT2D eigenvalue weighted by molar-refractivity contribution is 0.767. The van der Waals surface area contributed by atoms with Crippen molar-refractivity contribution in [2.45, 2.75) is 13.1 Å². The summed E-state index contributed by atoms with van der Waals surface area (Å²) in [7, 11) is 1.93. The minimum Gasteiger partial charge on any atom is -0.381 e. The van der Waals surface area contributed by atoms with Crippen molar-refractivity contribution in [3.8, 4) is 0 Å². The van der Waals surface area contributed by atoms with Crippen molar-refractivity contribution in [3.63, 3.8) is 0 Å². The third-order valence-corrected chi connectivity index (χ3v) is 3.11. The zero-order valence-electron chi connectivity index (χ0n) is 11.4. The maximum Gasteiger partial charge on any atom is 0.0949 e. The van der Waals surface area contributed by atoms with E-state index in [1.54, 1.807) is 6.20 Å². The Morgan fingerprint density at radius 1 is 1.25 bits per heavy atom. The molecule has 2 aromatic heterocycles. The number of benzene rings is 1. The van der Waals surface area contributed by atoms with Crippen molar-refractivity contribution in [3.05, 3.63) is 66.5 Å². The molecular formula is C15H17N5.